The van der Waals surface area contributed by atoms with Crippen molar-refractivity contribution in [3.8, 4) is 0 Å². The second kappa shape index (κ2) is 2.79. The summed E-state index contributed by atoms with van der Waals surface area (Å²) in [6, 6.07) is 6.16. The molecule has 62 valence electrons. The fourth-order valence-corrected chi connectivity index (χ4v) is 1.45. The first-order chi connectivity index (χ1) is 5.81. The summed E-state index contributed by atoms with van der Waals surface area (Å²) in [5.74, 6) is 0. The zero-order chi connectivity index (χ0) is 8.55. The Morgan fingerprint density at radius 2 is 2.33 bits per heavy atom. The largest absolute Gasteiger partial charge is 0.276 e. The number of aromatic amines is 1. The van der Waals surface area contributed by atoms with Crippen LogP contribution in [0, 0.1) is 0 Å². The van der Waals surface area contributed by atoms with Crippen LogP contribution in [0.15, 0.2) is 18.2 Å². The Morgan fingerprint density at radius 3 is 3.08 bits per heavy atom. The summed E-state index contributed by atoms with van der Waals surface area (Å²) in [6.07, 6.45) is 1.03. The number of aryl methyl sites for hydroxylation is 1. The fourth-order valence-electron chi connectivity index (χ4n) is 1.25. The molecule has 0 aliphatic carbocycles. The van der Waals surface area contributed by atoms with Crippen molar-refractivity contribution in [2.45, 2.75) is 13.3 Å². The number of nitrogens with one attached hydrogen (secondary N) is 1. The van der Waals surface area contributed by atoms with Crippen molar-refractivity contribution in [3.05, 3.63) is 28.9 Å². The number of halogens is 1. The maximum atomic E-state index is 5.86. The van der Waals surface area contributed by atoms with Crippen LogP contribution >= 0.6 is 11.6 Å². The monoisotopic (exact) mass is 180 g/mol. The number of benzene rings is 1. The zero-order valence-electron chi connectivity index (χ0n) is 6.76. The SMILES string of the molecule is CCc1ccc2[nH]nc(Cl)c2c1. The Labute approximate surface area is 75.5 Å². The van der Waals surface area contributed by atoms with Crippen molar-refractivity contribution in [2.24, 2.45) is 0 Å². The van der Waals surface area contributed by atoms with Gasteiger partial charge < -0.3 is 0 Å². The van der Waals surface area contributed by atoms with Crippen LogP contribution in [0.4, 0.5) is 0 Å². The maximum Gasteiger partial charge on any atom is 0.158 e. The number of nitrogens with zero attached hydrogens (tertiary/aromatic N) is 1. The number of H-pyrrole nitrogens is 1. The summed E-state index contributed by atoms with van der Waals surface area (Å²) in [4.78, 5) is 0. The van der Waals surface area contributed by atoms with Gasteiger partial charge in [0.15, 0.2) is 5.15 Å². The quantitative estimate of drug-likeness (QED) is 0.719. The van der Waals surface area contributed by atoms with Crippen LogP contribution < -0.4 is 0 Å². The lowest BCUT2D eigenvalue weighted by atomic mass is 10.1. The number of hydrogen-bond donors (Lipinski definition) is 1. The molecule has 2 rings (SSSR count). The third-order valence-electron chi connectivity index (χ3n) is 1.99. The van der Waals surface area contributed by atoms with E-state index < -0.39 is 0 Å². The predicted octanol–water partition coefficient (Wildman–Crippen LogP) is 2.78. The summed E-state index contributed by atoms with van der Waals surface area (Å²) in [6.45, 7) is 2.12. The molecule has 0 unspecified atom stereocenters. The highest BCUT2D eigenvalue weighted by molar-refractivity contribution is 6.34. The summed E-state index contributed by atoms with van der Waals surface area (Å²) in [5, 5.41) is 8.33. The summed E-state index contributed by atoms with van der Waals surface area (Å²) in [7, 11) is 0. The van der Waals surface area contributed by atoms with Gasteiger partial charge in [0.2, 0.25) is 0 Å². The van der Waals surface area contributed by atoms with Crippen molar-refractivity contribution >= 4 is 22.5 Å². The third kappa shape index (κ3) is 1.08. The molecule has 12 heavy (non-hydrogen) atoms. The molecular weight excluding hydrogens is 172 g/mol. The maximum absolute atomic E-state index is 5.86. The molecular formula is C9H9ClN2. The molecule has 0 amide bonds. The first kappa shape index (κ1) is 7.62. The van der Waals surface area contributed by atoms with Crippen LogP contribution in [0.25, 0.3) is 10.9 Å². The summed E-state index contributed by atoms with van der Waals surface area (Å²) in [5.41, 5.74) is 2.28. The number of hydrogen-bond acceptors (Lipinski definition) is 1. The molecule has 2 aromatic rings. The van der Waals surface area contributed by atoms with Crippen LogP contribution in [-0.4, -0.2) is 10.2 Å². The van der Waals surface area contributed by atoms with E-state index in [9.17, 15) is 0 Å². The Kier molecular flexibility index (Phi) is 1.77. The van der Waals surface area contributed by atoms with Gasteiger partial charge in [0.1, 0.15) is 0 Å². The molecule has 0 fully saturated rings. The van der Waals surface area contributed by atoms with Gasteiger partial charge in [-0.2, -0.15) is 5.10 Å². The van der Waals surface area contributed by atoms with Crippen LogP contribution in [0.2, 0.25) is 5.15 Å². The molecule has 3 heteroatoms. The van der Waals surface area contributed by atoms with E-state index in [1.165, 1.54) is 5.56 Å². The van der Waals surface area contributed by atoms with E-state index in [2.05, 4.69) is 29.3 Å². The lowest BCUT2D eigenvalue weighted by Crippen LogP contribution is -1.77. The van der Waals surface area contributed by atoms with Crippen LogP contribution in [-0.2, 0) is 6.42 Å². The van der Waals surface area contributed by atoms with Crippen molar-refractivity contribution in [1.29, 1.82) is 0 Å². The van der Waals surface area contributed by atoms with Crippen LogP contribution in [0.5, 0.6) is 0 Å². The van der Waals surface area contributed by atoms with Crippen molar-refractivity contribution in [1.82, 2.24) is 10.2 Å². The Balaban J connectivity index is 2.71. The molecule has 0 saturated heterocycles. The molecule has 0 radical (unpaired) electrons. The van der Waals surface area contributed by atoms with Crippen molar-refractivity contribution < 1.29 is 0 Å². The van der Waals surface area contributed by atoms with Gasteiger partial charge in [-0.1, -0.05) is 24.6 Å². The molecule has 0 aliphatic rings. The Hall–Kier alpha value is -1.02. The highest BCUT2D eigenvalue weighted by atomic mass is 35.5. The second-order valence-electron chi connectivity index (χ2n) is 2.75. The first-order valence-electron chi connectivity index (χ1n) is 3.93. The normalized spacial score (nSPS) is 10.8. The second-order valence-corrected chi connectivity index (χ2v) is 3.11. The minimum atomic E-state index is 0.556. The number of rotatable bonds is 1. The molecule has 1 aromatic heterocycles. The molecule has 0 spiro atoms. The fraction of sp³-hybridized carbons (Fsp3) is 0.222. The van der Waals surface area contributed by atoms with E-state index in [-0.39, 0.29) is 0 Å². The van der Waals surface area contributed by atoms with Crippen LogP contribution in [0.3, 0.4) is 0 Å². The van der Waals surface area contributed by atoms with E-state index in [1.54, 1.807) is 0 Å². The standard InChI is InChI=1S/C9H9ClN2/c1-2-6-3-4-8-7(5-6)9(10)12-11-8/h3-5H,2H2,1H3,(H,11,12). The highest BCUT2D eigenvalue weighted by Crippen LogP contribution is 2.21. The molecule has 2 nitrogen and oxygen atoms in total. The summed E-state index contributed by atoms with van der Waals surface area (Å²) >= 11 is 5.86. The molecule has 1 aromatic carbocycles. The van der Waals surface area contributed by atoms with E-state index in [0.717, 1.165) is 17.3 Å². The van der Waals surface area contributed by atoms with Crippen LogP contribution in [0.1, 0.15) is 12.5 Å². The molecule has 0 bridgehead atoms. The van der Waals surface area contributed by atoms with Crippen molar-refractivity contribution in [3.63, 3.8) is 0 Å². The summed E-state index contributed by atoms with van der Waals surface area (Å²) < 4.78 is 0. The minimum Gasteiger partial charge on any atom is -0.276 e. The predicted molar refractivity (Wildman–Crippen MR) is 50.5 cm³/mol. The van der Waals surface area contributed by atoms with Gasteiger partial charge in [-0.25, -0.2) is 0 Å². The van der Waals surface area contributed by atoms with Gasteiger partial charge in [-0.05, 0) is 24.1 Å². The van der Waals surface area contributed by atoms with E-state index in [1.807, 2.05) is 6.07 Å². The molecule has 0 aliphatic heterocycles. The number of fused-ring (bicyclic) bond motifs is 1. The minimum absolute atomic E-state index is 0.556. The van der Waals surface area contributed by atoms with Gasteiger partial charge in [0, 0.05) is 5.39 Å². The van der Waals surface area contributed by atoms with Gasteiger partial charge >= 0.3 is 0 Å². The van der Waals surface area contributed by atoms with Gasteiger partial charge in [-0.3, -0.25) is 5.10 Å². The average molecular weight is 181 g/mol. The van der Waals surface area contributed by atoms with Gasteiger partial charge in [-0.15, -0.1) is 0 Å². The third-order valence-corrected chi connectivity index (χ3v) is 2.28. The first-order valence-corrected chi connectivity index (χ1v) is 4.31. The average Bonchev–Trinajstić information content (AvgIpc) is 2.47. The molecule has 1 N–H and O–H groups in total. The topological polar surface area (TPSA) is 28.7 Å². The van der Waals surface area contributed by atoms with Gasteiger partial charge in [0.05, 0.1) is 5.52 Å². The molecule has 0 atom stereocenters. The smallest absolute Gasteiger partial charge is 0.158 e. The Bertz CT molecular complexity index is 406. The highest BCUT2D eigenvalue weighted by Gasteiger charge is 2.02. The van der Waals surface area contributed by atoms with Gasteiger partial charge in [0.25, 0.3) is 0 Å². The lowest BCUT2D eigenvalue weighted by molar-refractivity contribution is 1.12. The zero-order valence-corrected chi connectivity index (χ0v) is 7.52. The van der Waals surface area contributed by atoms with Crippen molar-refractivity contribution in [2.75, 3.05) is 0 Å². The van der Waals surface area contributed by atoms with E-state index >= 15 is 0 Å². The molecule has 0 saturated carbocycles. The number of aromatic nitrogens is 2. The molecule has 1 heterocycles. The van der Waals surface area contributed by atoms with E-state index in [4.69, 9.17) is 11.6 Å². The Morgan fingerprint density at radius 1 is 1.50 bits per heavy atom. The lowest BCUT2D eigenvalue weighted by Gasteiger charge is -1.94. The van der Waals surface area contributed by atoms with E-state index in [0.29, 0.717) is 5.15 Å².